The average molecular weight is 333 g/mol. The third-order valence-electron chi connectivity index (χ3n) is 3.90. The molecule has 0 atom stereocenters. The molecule has 3 rings (SSSR count). The van der Waals surface area contributed by atoms with Crippen LogP contribution in [0.5, 0.6) is 5.75 Å². The molecule has 0 N–H and O–H groups in total. The second-order valence-electron chi connectivity index (χ2n) is 5.45. The zero-order valence-electron chi connectivity index (χ0n) is 13.1. The molecule has 0 saturated heterocycles. The Morgan fingerprint density at radius 1 is 1.30 bits per heavy atom. The van der Waals surface area contributed by atoms with Gasteiger partial charge in [0.2, 0.25) is 0 Å². The highest BCUT2D eigenvalue weighted by Gasteiger charge is 2.28. The summed E-state index contributed by atoms with van der Waals surface area (Å²) < 4.78 is 33.4. The topological polar surface area (TPSA) is 64.4 Å². The van der Waals surface area contributed by atoms with Gasteiger partial charge in [0, 0.05) is 26.3 Å². The van der Waals surface area contributed by atoms with E-state index in [1.54, 1.807) is 18.7 Å². The number of benzene rings is 1. The van der Waals surface area contributed by atoms with E-state index < -0.39 is 10.0 Å². The van der Waals surface area contributed by atoms with Crippen molar-refractivity contribution in [1.82, 2.24) is 13.9 Å². The molecule has 1 aliphatic heterocycles. The van der Waals surface area contributed by atoms with Gasteiger partial charge in [-0.1, -0.05) is 18.2 Å². The Labute approximate surface area is 136 Å². The van der Waals surface area contributed by atoms with Crippen LogP contribution in [0.2, 0.25) is 0 Å². The Morgan fingerprint density at radius 2 is 2.13 bits per heavy atom. The number of ether oxygens (including phenoxy) is 1. The maximum absolute atomic E-state index is 12.5. The minimum atomic E-state index is -3.53. The molecule has 122 valence electrons. The smallest absolute Gasteiger partial charge is 0.262 e. The van der Waals surface area contributed by atoms with E-state index in [1.807, 2.05) is 30.3 Å². The molecule has 1 aromatic heterocycles. The maximum Gasteiger partial charge on any atom is 0.262 e. The molecule has 2 aromatic rings. The molecule has 23 heavy (non-hydrogen) atoms. The third kappa shape index (κ3) is 3.16. The summed E-state index contributed by atoms with van der Waals surface area (Å²) in [5.41, 5.74) is 2.20. The summed E-state index contributed by atoms with van der Waals surface area (Å²) in [6, 6.07) is 7.81. The number of aryl methyl sites for hydroxylation is 1. The number of imidazole rings is 1. The van der Waals surface area contributed by atoms with Crippen LogP contribution in [0.4, 0.5) is 0 Å². The number of rotatable bonds is 4. The highest BCUT2D eigenvalue weighted by molar-refractivity contribution is 7.89. The largest absolute Gasteiger partial charge is 0.497 e. The zero-order chi connectivity index (χ0) is 16.4. The SMILES string of the molecule is COc1cccc(C2=CCN(S(=O)(=O)c3cn(C)cn3)CC2)c1. The fourth-order valence-electron chi connectivity index (χ4n) is 2.61. The first-order valence-corrected chi connectivity index (χ1v) is 8.76. The Balaban J connectivity index is 1.80. The van der Waals surface area contributed by atoms with Gasteiger partial charge in [0.05, 0.1) is 13.4 Å². The van der Waals surface area contributed by atoms with Crippen LogP contribution in [0.15, 0.2) is 47.9 Å². The van der Waals surface area contributed by atoms with E-state index in [0.717, 1.165) is 16.9 Å². The summed E-state index contributed by atoms with van der Waals surface area (Å²) in [7, 11) is -0.140. The highest BCUT2D eigenvalue weighted by atomic mass is 32.2. The first kappa shape index (κ1) is 15.8. The average Bonchev–Trinajstić information content (AvgIpc) is 3.02. The van der Waals surface area contributed by atoms with Crippen LogP contribution in [0.25, 0.3) is 5.57 Å². The third-order valence-corrected chi connectivity index (χ3v) is 5.65. The van der Waals surface area contributed by atoms with E-state index in [-0.39, 0.29) is 5.03 Å². The standard InChI is InChI=1S/C16H19N3O3S/c1-18-11-16(17-12-18)23(20,21)19-8-6-13(7-9-19)14-4-3-5-15(10-14)22-2/h3-6,10-12H,7-9H2,1-2H3. The monoisotopic (exact) mass is 333 g/mol. The van der Waals surface area contributed by atoms with Gasteiger partial charge in [-0.2, -0.15) is 4.31 Å². The summed E-state index contributed by atoms with van der Waals surface area (Å²) in [5, 5.41) is 0.0956. The predicted octanol–water partition coefficient (Wildman–Crippen LogP) is 1.91. The van der Waals surface area contributed by atoms with Crippen molar-refractivity contribution in [3.8, 4) is 5.75 Å². The lowest BCUT2D eigenvalue weighted by molar-refractivity contribution is 0.414. The van der Waals surface area contributed by atoms with Crippen LogP contribution in [-0.2, 0) is 17.1 Å². The fourth-order valence-corrected chi connectivity index (χ4v) is 3.95. The molecule has 1 aromatic carbocycles. The van der Waals surface area contributed by atoms with Crippen molar-refractivity contribution in [2.75, 3.05) is 20.2 Å². The lowest BCUT2D eigenvalue weighted by atomic mass is 10.0. The first-order chi connectivity index (χ1) is 11.0. The van der Waals surface area contributed by atoms with Gasteiger partial charge in [-0.3, -0.25) is 0 Å². The molecule has 0 aliphatic carbocycles. The van der Waals surface area contributed by atoms with Crippen molar-refractivity contribution in [2.24, 2.45) is 7.05 Å². The van der Waals surface area contributed by atoms with Crippen molar-refractivity contribution in [3.05, 3.63) is 48.4 Å². The van der Waals surface area contributed by atoms with Crippen LogP contribution in [0, 0.1) is 0 Å². The van der Waals surface area contributed by atoms with Gasteiger partial charge in [-0.05, 0) is 29.7 Å². The molecule has 0 fully saturated rings. The molecule has 0 saturated carbocycles. The molecule has 2 heterocycles. The Bertz CT molecular complexity index is 840. The van der Waals surface area contributed by atoms with Crippen molar-refractivity contribution < 1.29 is 13.2 Å². The molecule has 0 unspecified atom stereocenters. The minimum absolute atomic E-state index is 0.0956. The Kier molecular flexibility index (Phi) is 4.23. The van der Waals surface area contributed by atoms with E-state index in [4.69, 9.17) is 4.74 Å². The molecular formula is C16H19N3O3S. The number of methoxy groups -OCH3 is 1. The minimum Gasteiger partial charge on any atom is -0.497 e. The van der Waals surface area contributed by atoms with E-state index in [0.29, 0.717) is 19.5 Å². The van der Waals surface area contributed by atoms with E-state index in [1.165, 1.54) is 16.8 Å². The number of hydrogen-bond donors (Lipinski definition) is 0. The second-order valence-corrected chi connectivity index (χ2v) is 7.34. The number of aromatic nitrogens is 2. The van der Waals surface area contributed by atoms with Crippen LogP contribution in [0.3, 0.4) is 0 Å². The summed E-state index contributed by atoms with van der Waals surface area (Å²) in [5.74, 6) is 0.798. The van der Waals surface area contributed by atoms with Gasteiger partial charge >= 0.3 is 0 Å². The Morgan fingerprint density at radius 3 is 2.74 bits per heavy atom. The molecule has 0 amide bonds. The molecule has 0 bridgehead atoms. The van der Waals surface area contributed by atoms with Crippen LogP contribution < -0.4 is 4.74 Å². The van der Waals surface area contributed by atoms with E-state index >= 15 is 0 Å². The summed E-state index contributed by atoms with van der Waals surface area (Å²) in [6.45, 7) is 0.799. The molecule has 0 spiro atoms. The van der Waals surface area contributed by atoms with Crippen molar-refractivity contribution in [2.45, 2.75) is 11.4 Å². The molecule has 0 radical (unpaired) electrons. The van der Waals surface area contributed by atoms with Gasteiger partial charge in [0.25, 0.3) is 10.0 Å². The maximum atomic E-state index is 12.5. The van der Waals surface area contributed by atoms with Crippen molar-refractivity contribution >= 4 is 15.6 Å². The Hall–Kier alpha value is -2.12. The van der Waals surface area contributed by atoms with Crippen molar-refractivity contribution in [3.63, 3.8) is 0 Å². The van der Waals surface area contributed by atoms with Crippen LogP contribution in [0.1, 0.15) is 12.0 Å². The van der Waals surface area contributed by atoms with E-state index in [2.05, 4.69) is 4.98 Å². The molecular weight excluding hydrogens is 314 g/mol. The number of hydrogen-bond acceptors (Lipinski definition) is 4. The summed E-state index contributed by atoms with van der Waals surface area (Å²) in [6.07, 6.45) is 5.64. The van der Waals surface area contributed by atoms with Gasteiger partial charge < -0.3 is 9.30 Å². The lowest BCUT2D eigenvalue weighted by Crippen LogP contribution is -2.34. The van der Waals surface area contributed by atoms with Gasteiger partial charge in [0.15, 0.2) is 5.03 Å². The summed E-state index contributed by atoms with van der Waals surface area (Å²) in [4.78, 5) is 3.96. The lowest BCUT2D eigenvalue weighted by Gasteiger charge is -2.25. The van der Waals surface area contributed by atoms with Gasteiger partial charge in [-0.25, -0.2) is 13.4 Å². The summed E-state index contributed by atoms with van der Waals surface area (Å²) >= 11 is 0. The van der Waals surface area contributed by atoms with Gasteiger partial charge in [-0.15, -0.1) is 0 Å². The highest BCUT2D eigenvalue weighted by Crippen LogP contribution is 2.27. The first-order valence-electron chi connectivity index (χ1n) is 7.32. The quantitative estimate of drug-likeness (QED) is 0.857. The van der Waals surface area contributed by atoms with Gasteiger partial charge in [0.1, 0.15) is 5.75 Å². The number of nitrogens with zero attached hydrogens (tertiary/aromatic N) is 3. The molecule has 7 heteroatoms. The fraction of sp³-hybridized carbons (Fsp3) is 0.312. The molecule has 6 nitrogen and oxygen atoms in total. The normalized spacial score (nSPS) is 16.2. The molecule has 1 aliphatic rings. The van der Waals surface area contributed by atoms with E-state index in [9.17, 15) is 8.42 Å². The second kappa shape index (κ2) is 6.17. The van der Waals surface area contributed by atoms with Crippen molar-refractivity contribution in [1.29, 1.82) is 0 Å². The predicted molar refractivity (Wildman–Crippen MR) is 87.6 cm³/mol. The van der Waals surface area contributed by atoms with Crippen LogP contribution >= 0.6 is 0 Å². The number of sulfonamides is 1. The zero-order valence-corrected chi connectivity index (χ0v) is 14.0. The van der Waals surface area contributed by atoms with Crippen LogP contribution in [-0.4, -0.2) is 42.5 Å².